The number of aromatic hydroxyl groups is 1. The molecule has 3 aromatic carbocycles. The number of phenols is 1. The molecule has 3 atom stereocenters. The highest BCUT2D eigenvalue weighted by atomic mass is 19.2. The van der Waals surface area contributed by atoms with Crippen molar-refractivity contribution in [1.82, 2.24) is 0 Å². The van der Waals surface area contributed by atoms with Crippen molar-refractivity contribution in [2.24, 2.45) is 0 Å². The van der Waals surface area contributed by atoms with E-state index < -0.39 is 46.8 Å². The van der Waals surface area contributed by atoms with Crippen LogP contribution in [0, 0.1) is 34.9 Å². The number of allylic oxidation sites excluding steroid dienone is 4. The molecule has 3 unspecified atom stereocenters. The number of benzene rings is 3. The van der Waals surface area contributed by atoms with Gasteiger partial charge in [-0.15, -0.1) is 0 Å². The summed E-state index contributed by atoms with van der Waals surface area (Å²) in [5.41, 5.74) is 2.15. The average molecular weight is 557 g/mol. The largest absolute Gasteiger partial charge is 0.505 e. The lowest BCUT2D eigenvalue weighted by atomic mass is 9.80. The van der Waals surface area contributed by atoms with E-state index in [2.05, 4.69) is 0 Å². The minimum absolute atomic E-state index is 0.140. The Labute approximate surface area is 227 Å². The Bertz CT molecular complexity index is 1560. The van der Waals surface area contributed by atoms with Crippen molar-refractivity contribution in [2.45, 2.75) is 56.5 Å². The van der Waals surface area contributed by atoms with Gasteiger partial charge in [0, 0.05) is 16.7 Å². The summed E-state index contributed by atoms with van der Waals surface area (Å²) in [7, 11) is 0. The van der Waals surface area contributed by atoms with Crippen LogP contribution >= 0.6 is 0 Å². The Morgan fingerprint density at radius 2 is 1.02 bits per heavy atom. The van der Waals surface area contributed by atoms with Crippen LogP contribution in [0.1, 0.15) is 84.3 Å². The maximum atomic E-state index is 15.3. The van der Waals surface area contributed by atoms with E-state index in [0.29, 0.717) is 56.3 Å². The third kappa shape index (κ3) is 4.72. The number of hydrogen-bond acceptors (Lipinski definition) is 2. The normalized spacial score (nSPS) is 22.6. The van der Waals surface area contributed by atoms with Gasteiger partial charge in [0.1, 0.15) is 6.10 Å². The summed E-state index contributed by atoms with van der Waals surface area (Å²) in [6.07, 6.45) is 5.38. The van der Waals surface area contributed by atoms with Crippen LogP contribution in [0.4, 0.5) is 26.3 Å². The minimum Gasteiger partial charge on any atom is -0.505 e. The SMILES string of the molecule is Oc1ccc(C2CC=C(c3ccc(C4CC=C(c5ccc(C6CO6)c(F)c5F)CC4)c(F)c3F)CC2)c(F)c1F. The van der Waals surface area contributed by atoms with E-state index >= 15 is 8.78 Å². The summed E-state index contributed by atoms with van der Waals surface area (Å²) in [6.45, 7) is 0.375. The zero-order chi connectivity index (χ0) is 28.1. The van der Waals surface area contributed by atoms with E-state index in [1.54, 1.807) is 30.4 Å². The van der Waals surface area contributed by atoms with Gasteiger partial charge in [-0.3, -0.25) is 0 Å². The van der Waals surface area contributed by atoms with Gasteiger partial charge in [-0.2, -0.15) is 4.39 Å². The Morgan fingerprint density at radius 1 is 0.575 bits per heavy atom. The van der Waals surface area contributed by atoms with Crippen molar-refractivity contribution < 1.29 is 36.2 Å². The van der Waals surface area contributed by atoms with Gasteiger partial charge >= 0.3 is 0 Å². The average Bonchev–Trinajstić information content (AvgIpc) is 3.81. The lowest BCUT2D eigenvalue weighted by Crippen LogP contribution is -2.11. The van der Waals surface area contributed by atoms with Crippen LogP contribution in [0.15, 0.2) is 48.6 Å². The summed E-state index contributed by atoms with van der Waals surface area (Å²) in [5, 5.41) is 9.36. The lowest BCUT2D eigenvalue weighted by Gasteiger charge is -2.25. The summed E-state index contributed by atoms with van der Waals surface area (Å²) in [4.78, 5) is 0. The number of rotatable bonds is 5. The molecule has 1 fully saturated rings. The number of hydrogen-bond donors (Lipinski definition) is 1. The van der Waals surface area contributed by atoms with Gasteiger partial charge in [-0.05, 0) is 78.7 Å². The first kappa shape index (κ1) is 26.7. The van der Waals surface area contributed by atoms with Gasteiger partial charge in [0.25, 0.3) is 0 Å². The molecule has 3 aromatic rings. The van der Waals surface area contributed by atoms with Crippen LogP contribution in [0.2, 0.25) is 0 Å². The molecular weight excluding hydrogens is 530 g/mol. The third-order valence-corrected chi connectivity index (χ3v) is 8.39. The maximum absolute atomic E-state index is 15.3. The van der Waals surface area contributed by atoms with Crippen LogP contribution in [0.5, 0.6) is 5.75 Å². The molecule has 6 rings (SSSR count). The smallest absolute Gasteiger partial charge is 0.200 e. The Morgan fingerprint density at radius 3 is 1.50 bits per heavy atom. The molecule has 40 heavy (non-hydrogen) atoms. The maximum Gasteiger partial charge on any atom is 0.200 e. The van der Waals surface area contributed by atoms with Crippen LogP contribution in [-0.4, -0.2) is 11.7 Å². The predicted octanol–water partition coefficient (Wildman–Crippen LogP) is 9.00. The Balaban J connectivity index is 1.18. The topological polar surface area (TPSA) is 32.8 Å². The van der Waals surface area contributed by atoms with E-state index in [4.69, 9.17) is 4.74 Å². The molecule has 208 valence electrons. The van der Waals surface area contributed by atoms with Crippen molar-refractivity contribution in [3.8, 4) is 5.75 Å². The third-order valence-electron chi connectivity index (χ3n) is 8.39. The quantitative estimate of drug-likeness (QED) is 0.251. The number of phenolic OH excluding ortho intramolecular Hbond substituents is 1. The summed E-state index contributed by atoms with van der Waals surface area (Å²) in [6, 6.07) is 8.66. The molecule has 1 heterocycles. The summed E-state index contributed by atoms with van der Waals surface area (Å²) in [5.74, 6) is -7.50. The van der Waals surface area contributed by atoms with Gasteiger partial charge < -0.3 is 9.84 Å². The Hall–Kier alpha value is -3.52. The predicted molar refractivity (Wildman–Crippen MR) is 139 cm³/mol. The first-order chi connectivity index (χ1) is 19.2. The molecule has 1 saturated heterocycles. The van der Waals surface area contributed by atoms with E-state index in [-0.39, 0.29) is 39.7 Å². The second-order valence-electron chi connectivity index (χ2n) is 10.7. The second kappa shape index (κ2) is 10.5. The van der Waals surface area contributed by atoms with Crippen molar-refractivity contribution in [3.63, 3.8) is 0 Å². The molecule has 8 heteroatoms. The van der Waals surface area contributed by atoms with E-state index in [9.17, 15) is 22.7 Å². The molecule has 2 nitrogen and oxygen atoms in total. The molecule has 0 spiro atoms. The molecule has 0 radical (unpaired) electrons. The minimum atomic E-state index is -1.29. The van der Waals surface area contributed by atoms with Crippen LogP contribution in [0.25, 0.3) is 11.1 Å². The van der Waals surface area contributed by atoms with Crippen molar-refractivity contribution in [2.75, 3.05) is 6.61 Å². The first-order valence-electron chi connectivity index (χ1n) is 13.4. The molecule has 0 aromatic heterocycles. The number of halogens is 6. The van der Waals surface area contributed by atoms with Crippen molar-refractivity contribution in [1.29, 1.82) is 0 Å². The number of ether oxygens (including phenoxy) is 1. The van der Waals surface area contributed by atoms with Crippen LogP contribution in [-0.2, 0) is 4.74 Å². The summed E-state index contributed by atoms with van der Waals surface area (Å²) >= 11 is 0. The monoisotopic (exact) mass is 556 g/mol. The lowest BCUT2D eigenvalue weighted by molar-refractivity contribution is 0.400. The highest BCUT2D eigenvalue weighted by Gasteiger charge is 2.31. The zero-order valence-corrected chi connectivity index (χ0v) is 21.4. The van der Waals surface area contributed by atoms with Gasteiger partial charge in [-0.25, -0.2) is 22.0 Å². The Kier molecular flexibility index (Phi) is 6.98. The van der Waals surface area contributed by atoms with Crippen molar-refractivity contribution >= 4 is 11.1 Å². The fourth-order valence-electron chi connectivity index (χ4n) is 6.01. The highest BCUT2D eigenvalue weighted by molar-refractivity contribution is 5.69. The second-order valence-corrected chi connectivity index (χ2v) is 10.7. The summed E-state index contributed by atoms with van der Waals surface area (Å²) < 4.78 is 92.9. The number of epoxide rings is 1. The van der Waals surface area contributed by atoms with Gasteiger partial charge in [-0.1, -0.05) is 42.5 Å². The molecule has 3 aliphatic rings. The van der Waals surface area contributed by atoms with Crippen molar-refractivity contribution in [3.05, 3.63) is 111 Å². The highest BCUT2D eigenvalue weighted by Crippen LogP contribution is 2.43. The molecule has 0 saturated carbocycles. The van der Waals surface area contributed by atoms with Gasteiger partial charge in [0.05, 0.1) is 6.61 Å². The van der Waals surface area contributed by atoms with Crippen LogP contribution in [0.3, 0.4) is 0 Å². The van der Waals surface area contributed by atoms with Crippen LogP contribution < -0.4 is 0 Å². The first-order valence-corrected chi connectivity index (χ1v) is 13.4. The molecule has 1 aliphatic heterocycles. The molecular formula is C32H26F6O2. The zero-order valence-electron chi connectivity index (χ0n) is 21.4. The molecule has 1 N–H and O–H groups in total. The van der Waals surface area contributed by atoms with Gasteiger partial charge in [0.2, 0.25) is 5.82 Å². The molecule has 2 aliphatic carbocycles. The van der Waals surface area contributed by atoms with Gasteiger partial charge in [0.15, 0.2) is 34.8 Å². The fraction of sp³-hybridized carbons (Fsp3) is 0.312. The van der Waals surface area contributed by atoms with E-state index in [1.807, 2.05) is 0 Å². The van der Waals surface area contributed by atoms with E-state index in [1.165, 1.54) is 12.1 Å². The van der Waals surface area contributed by atoms with E-state index in [0.717, 1.165) is 6.07 Å². The molecule has 0 amide bonds. The fourth-order valence-corrected chi connectivity index (χ4v) is 6.01. The molecule has 0 bridgehead atoms. The standard InChI is InChI=1S/C32H26F6O2/c33-27-20(16-1-3-18(4-2-16)22-11-12-24(26-15-40-26)31(37)29(22)35)9-10-21(28(27)34)17-5-7-19(8-6-17)23-13-14-25(39)32(38)30(23)36/h3,5,9-14,16,19,26,39H,1-2,4,6-8,15H2.